The minimum absolute atomic E-state index is 0.196. The predicted molar refractivity (Wildman–Crippen MR) is 77.2 cm³/mol. The average Bonchev–Trinajstić information content (AvgIpc) is 2.53. The van der Waals surface area contributed by atoms with Crippen molar-refractivity contribution in [1.29, 1.82) is 0 Å². The molecule has 2 rings (SSSR count). The summed E-state index contributed by atoms with van der Waals surface area (Å²) in [6.07, 6.45) is 7.95. The minimum Gasteiger partial charge on any atom is -0.410 e. The molecule has 22 heavy (non-hydrogen) atoms. The molecule has 2 N–H and O–H groups in total. The van der Waals surface area contributed by atoms with Gasteiger partial charge in [-0.25, -0.2) is 4.98 Å². The van der Waals surface area contributed by atoms with Gasteiger partial charge < -0.3 is 10.5 Å². The number of hydrogen-bond donors (Lipinski definition) is 2. The topological polar surface area (TPSA) is 131 Å². The summed E-state index contributed by atoms with van der Waals surface area (Å²) >= 11 is 0. The molecule has 1 saturated carbocycles. The van der Waals surface area contributed by atoms with Crippen molar-refractivity contribution < 1.29 is 14.9 Å². The largest absolute Gasteiger partial charge is 0.410 e. The summed E-state index contributed by atoms with van der Waals surface area (Å²) in [6.45, 7) is 0. The maximum atomic E-state index is 12.0. The van der Waals surface area contributed by atoms with Crippen molar-refractivity contribution in [3.8, 4) is 0 Å². The van der Waals surface area contributed by atoms with E-state index < -0.39 is 11.9 Å². The number of nitro groups is 1. The molecule has 0 radical (unpaired) electrons. The lowest BCUT2D eigenvalue weighted by molar-refractivity contribution is -0.514. The number of rotatable bonds is 4. The molecule has 0 aromatic carbocycles. The first kappa shape index (κ1) is 15.5. The molecule has 0 spiro atoms. The van der Waals surface area contributed by atoms with E-state index in [9.17, 15) is 14.9 Å². The Morgan fingerprint density at radius 3 is 2.95 bits per heavy atom. The molecule has 9 heteroatoms. The van der Waals surface area contributed by atoms with Crippen LogP contribution in [-0.4, -0.2) is 37.8 Å². The number of hydrogen-bond acceptors (Lipinski definition) is 7. The van der Waals surface area contributed by atoms with E-state index in [4.69, 9.17) is 5.21 Å². The van der Waals surface area contributed by atoms with E-state index in [0.29, 0.717) is 18.4 Å². The molecular weight excluding hydrogens is 290 g/mol. The van der Waals surface area contributed by atoms with Crippen molar-refractivity contribution in [2.75, 3.05) is 5.32 Å². The van der Waals surface area contributed by atoms with Gasteiger partial charge in [0.25, 0.3) is 5.91 Å². The van der Waals surface area contributed by atoms with Crippen LogP contribution in [0.25, 0.3) is 0 Å². The molecule has 0 bridgehead atoms. The van der Waals surface area contributed by atoms with Gasteiger partial charge in [0.1, 0.15) is 0 Å². The first-order valence-corrected chi connectivity index (χ1v) is 6.75. The molecular formula is C13H15N5O4. The first-order valence-electron chi connectivity index (χ1n) is 6.75. The Bertz CT molecular complexity index is 614. The lowest BCUT2D eigenvalue weighted by Crippen LogP contribution is -2.28. The Balaban J connectivity index is 2.15. The zero-order chi connectivity index (χ0) is 15.9. The molecule has 1 fully saturated rings. The number of amides is 1. The van der Waals surface area contributed by atoms with Crippen LogP contribution in [0.4, 0.5) is 5.82 Å². The second-order valence-corrected chi connectivity index (χ2v) is 4.80. The van der Waals surface area contributed by atoms with Crippen molar-refractivity contribution in [2.24, 2.45) is 5.16 Å². The van der Waals surface area contributed by atoms with Crippen molar-refractivity contribution in [1.82, 2.24) is 9.97 Å². The molecule has 0 aliphatic heterocycles. The van der Waals surface area contributed by atoms with Gasteiger partial charge in [-0.2, -0.15) is 0 Å². The lowest BCUT2D eigenvalue weighted by atomic mass is 9.89. The molecule has 116 valence electrons. The number of carbonyl (C=O) groups is 1. The SMILES string of the molecule is O=C(Nc1cnccn1)C(/C=C1\CCCCC1[N+](=O)[O-])=N/O. The van der Waals surface area contributed by atoms with Gasteiger partial charge in [0.2, 0.25) is 6.04 Å². The predicted octanol–water partition coefficient (Wildman–Crippen LogP) is 1.39. The third kappa shape index (κ3) is 3.84. The van der Waals surface area contributed by atoms with Crippen LogP contribution in [0.3, 0.4) is 0 Å². The second kappa shape index (κ2) is 7.25. The van der Waals surface area contributed by atoms with Crippen molar-refractivity contribution in [2.45, 2.75) is 31.7 Å². The standard InChI is InChI=1S/C13H15N5O4/c19-13(16-12-8-14-5-6-15-12)10(17-20)7-9-3-1-2-4-11(9)18(21)22/h5-8,11,20H,1-4H2,(H,15,16,19)/b9-7+,17-10+. The van der Waals surface area contributed by atoms with E-state index in [-0.39, 0.29) is 16.5 Å². The van der Waals surface area contributed by atoms with Crippen LogP contribution in [-0.2, 0) is 4.79 Å². The summed E-state index contributed by atoms with van der Waals surface area (Å²) in [5.41, 5.74) is 0.188. The van der Waals surface area contributed by atoms with Crippen LogP contribution in [0.15, 0.2) is 35.4 Å². The molecule has 1 amide bonds. The number of nitrogens with zero attached hydrogens (tertiary/aromatic N) is 4. The summed E-state index contributed by atoms with van der Waals surface area (Å²) in [4.78, 5) is 30.3. The van der Waals surface area contributed by atoms with Gasteiger partial charge >= 0.3 is 0 Å². The van der Waals surface area contributed by atoms with E-state index in [1.54, 1.807) is 0 Å². The van der Waals surface area contributed by atoms with Crippen LogP contribution in [0, 0.1) is 10.1 Å². The Morgan fingerprint density at radius 1 is 1.50 bits per heavy atom. The highest BCUT2D eigenvalue weighted by Crippen LogP contribution is 2.25. The highest BCUT2D eigenvalue weighted by atomic mass is 16.6. The molecule has 1 heterocycles. The smallest absolute Gasteiger partial charge is 0.278 e. The van der Waals surface area contributed by atoms with Crippen molar-refractivity contribution in [3.05, 3.63) is 40.4 Å². The Labute approximate surface area is 125 Å². The summed E-state index contributed by atoms with van der Waals surface area (Å²) in [6, 6.07) is -0.838. The minimum atomic E-state index is -0.838. The molecule has 1 aromatic heterocycles. The Kier molecular flexibility index (Phi) is 5.12. The normalized spacial score (nSPS) is 20.6. The fourth-order valence-electron chi connectivity index (χ4n) is 2.29. The fraction of sp³-hybridized carbons (Fsp3) is 0.385. The lowest BCUT2D eigenvalue weighted by Gasteiger charge is -2.18. The van der Waals surface area contributed by atoms with Gasteiger partial charge in [0.05, 0.1) is 6.20 Å². The van der Waals surface area contributed by atoms with Crippen LogP contribution in [0.5, 0.6) is 0 Å². The zero-order valence-corrected chi connectivity index (χ0v) is 11.7. The third-order valence-electron chi connectivity index (χ3n) is 3.34. The maximum Gasteiger partial charge on any atom is 0.278 e. The van der Waals surface area contributed by atoms with E-state index >= 15 is 0 Å². The van der Waals surface area contributed by atoms with Gasteiger partial charge in [-0.15, -0.1) is 0 Å². The molecule has 1 aliphatic rings. The van der Waals surface area contributed by atoms with Gasteiger partial charge in [-0.05, 0) is 25.3 Å². The fourth-order valence-corrected chi connectivity index (χ4v) is 2.29. The van der Waals surface area contributed by atoms with Crippen LogP contribution in [0.2, 0.25) is 0 Å². The quantitative estimate of drug-likeness (QED) is 0.374. The van der Waals surface area contributed by atoms with E-state index in [2.05, 4.69) is 20.4 Å². The molecule has 1 aromatic rings. The summed E-state index contributed by atoms with van der Waals surface area (Å²) < 4.78 is 0. The van der Waals surface area contributed by atoms with Crippen molar-refractivity contribution >= 4 is 17.4 Å². The molecule has 9 nitrogen and oxygen atoms in total. The Hall–Kier alpha value is -2.84. The van der Waals surface area contributed by atoms with Gasteiger partial charge in [-0.1, -0.05) is 5.16 Å². The second-order valence-electron chi connectivity index (χ2n) is 4.80. The molecule has 1 atom stereocenters. The van der Waals surface area contributed by atoms with Gasteiger partial charge in [-0.3, -0.25) is 19.9 Å². The van der Waals surface area contributed by atoms with Crippen LogP contribution < -0.4 is 5.32 Å². The highest BCUT2D eigenvalue weighted by molar-refractivity contribution is 6.47. The molecule has 0 saturated heterocycles. The van der Waals surface area contributed by atoms with Crippen LogP contribution in [0.1, 0.15) is 25.7 Å². The van der Waals surface area contributed by atoms with E-state index in [0.717, 1.165) is 12.8 Å². The summed E-state index contributed by atoms with van der Waals surface area (Å²) in [5.74, 6) is -0.510. The molecule has 1 unspecified atom stereocenters. The van der Waals surface area contributed by atoms with E-state index in [1.807, 2.05) is 0 Å². The number of aromatic nitrogens is 2. The monoisotopic (exact) mass is 305 g/mol. The first-order chi connectivity index (χ1) is 10.6. The number of anilines is 1. The average molecular weight is 305 g/mol. The summed E-state index contributed by atoms with van der Waals surface area (Å²) in [5, 5.41) is 25.4. The highest BCUT2D eigenvalue weighted by Gasteiger charge is 2.29. The number of oxime groups is 1. The van der Waals surface area contributed by atoms with Gasteiger partial charge in [0.15, 0.2) is 11.5 Å². The van der Waals surface area contributed by atoms with E-state index in [1.165, 1.54) is 24.7 Å². The Morgan fingerprint density at radius 2 is 2.32 bits per heavy atom. The maximum absolute atomic E-state index is 12.0. The van der Waals surface area contributed by atoms with Crippen LogP contribution >= 0.6 is 0 Å². The summed E-state index contributed by atoms with van der Waals surface area (Å²) in [7, 11) is 0. The van der Waals surface area contributed by atoms with Crippen molar-refractivity contribution in [3.63, 3.8) is 0 Å². The number of nitrogens with one attached hydrogen (secondary N) is 1. The third-order valence-corrected chi connectivity index (χ3v) is 3.34. The molecule has 1 aliphatic carbocycles. The zero-order valence-electron chi connectivity index (χ0n) is 11.7. The number of carbonyl (C=O) groups excluding carboxylic acids is 1. The van der Waals surface area contributed by atoms with Gasteiger partial charge in [0, 0.05) is 29.3 Å².